The summed E-state index contributed by atoms with van der Waals surface area (Å²) in [5.74, 6) is -0.362. The molecule has 0 aliphatic carbocycles. The molecule has 0 radical (unpaired) electrons. The van der Waals surface area contributed by atoms with Gasteiger partial charge >= 0.3 is 5.69 Å². The van der Waals surface area contributed by atoms with Crippen LogP contribution in [-0.4, -0.2) is 30.4 Å². The molecule has 152 valence electrons. The van der Waals surface area contributed by atoms with Gasteiger partial charge in [0.15, 0.2) is 0 Å². The van der Waals surface area contributed by atoms with Crippen molar-refractivity contribution in [3.05, 3.63) is 68.7 Å². The number of aromatic nitrogens is 4. The van der Waals surface area contributed by atoms with Crippen molar-refractivity contribution in [3.63, 3.8) is 0 Å². The van der Waals surface area contributed by atoms with Gasteiger partial charge < -0.3 is 5.32 Å². The van der Waals surface area contributed by atoms with Crippen LogP contribution < -0.4 is 5.32 Å². The third-order valence-electron chi connectivity index (χ3n) is 4.81. The number of benzene rings is 1. The number of nitro groups is 1. The van der Waals surface area contributed by atoms with Crippen molar-refractivity contribution < 1.29 is 9.72 Å². The second kappa shape index (κ2) is 7.67. The monoisotopic (exact) mass is 416 g/mol. The largest absolute Gasteiger partial charge is 0.321 e. The van der Waals surface area contributed by atoms with Crippen LogP contribution in [0.4, 0.5) is 11.4 Å². The lowest BCUT2D eigenvalue weighted by molar-refractivity contribution is -0.385. The third kappa shape index (κ3) is 4.00. The summed E-state index contributed by atoms with van der Waals surface area (Å²) in [6.07, 6.45) is 2.35. The van der Waals surface area contributed by atoms with Crippen LogP contribution in [0.25, 0.3) is 0 Å². The van der Waals surface area contributed by atoms with Gasteiger partial charge in [0.1, 0.15) is 17.9 Å². The van der Waals surface area contributed by atoms with Gasteiger partial charge in [0.25, 0.3) is 5.91 Å². The summed E-state index contributed by atoms with van der Waals surface area (Å²) in [7, 11) is 0. The summed E-state index contributed by atoms with van der Waals surface area (Å²) >= 11 is 6.24. The van der Waals surface area contributed by atoms with E-state index < -0.39 is 10.5 Å². The molecule has 2 heterocycles. The van der Waals surface area contributed by atoms with E-state index in [0.717, 1.165) is 17.5 Å². The van der Waals surface area contributed by atoms with Crippen LogP contribution in [0, 0.1) is 24.0 Å². The van der Waals surface area contributed by atoms with Crippen molar-refractivity contribution in [2.75, 3.05) is 5.32 Å². The molecule has 0 aliphatic rings. The number of carbonyl (C=O) groups excluding carboxylic acids is 1. The van der Waals surface area contributed by atoms with Gasteiger partial charge in [-0.2, -0.15) is 10.2 Å². The first kappa shape index (κ1) is 20.5. The Hall–Kier alpha value is -3.20. The van der Waals surface area contributed by atoms with Gasteiger partial charge in [-0.25, -0.2) is 0 Å². The molecule has 0 atom stereocenters. The quantitative estimate of drug-likeness (QED) is 0.487. The van der Waals surface area contributed by atoms with Gasteiger partial charge in [-0.05, 0) is 39.3 Å². The summed E-state index contributed by atoms with van der Waals surface area (Å²) < 4.78 is 3.05. The number of nitrogens with zero attached hydrogens (tertiary/aromatic N) is 5. The Morgan fingerprint density at radius 3 is 2.62 bits per heavy atom. The number of hydrogen-bond acceptors (Lipinski definition) is 5. The van der Waals surface area contributed by atoms with E-state index in [1.54, 1.807) is 25.5 Å². The molecule has 0 saturated heterocycles. The Morgan fingerprint density at radius 1 is 1.31 bits per heavy atom. The standard InChI is InChI=1S/C19H21ClN6O3/c1-12-17(13(2)24(23-12)10-14-7-5-6-8-16(14)20)22-18(27)19(3,4)25-11-15(9-21-25)26(28)29/h5-9,11H,10H2,1-4H3,(H,22,27). The zero-order chi connectivity index (χ0) is 21.3. The number of anilines is 1. The Kier molecular flexibility index (Phi) is 5.43. The maximum atomic E-state index is 12.9. The minimum atomic E-state index is -1.14. The van der Waals surface area contributed by atoms with Crippen LogP contribution in [-0.2, 0) is 16.9 Å². The number of carbonyl (C=O) groups is 1. The molecule has 0 aliphatic heterocycles. The second-order valence-corrected chi connectivity index (χ2v) is 7.62. The van der Waals surface area contributed by atoms with E-state index in [0.29, 0.717) is 22.9 Å². The van der Waals surface area contributed by atoms with Gasteiger partial charge in [0.2, 0.25) is 0 Å². The fraction of sp³-hybridized carbons (Fsp3) is 0.316. The van der Waals surface area contributed by atoms with E-state index >= 15 is 0 Å². The number of hydrogen-bond donors (Lipinski definition) is 1. The Balaban J connectivity index is 1.84. The molecule has 0 fully saturated rings. The van der Waals surface area contributed by atoms with E-state index in [1.807, 2.05) is 31.2 Å². The highest BCUT2D eigenvalue weighted by molar-refractivity contribution is 6.31. The first-order chi connectivity index (χ1) is 13.6. The smallest absolute Gasteiger partial charge is 0.307 e. The average molecular weight is 417 g/mol. The molecule has 9 nitrogen and oxygen atoms in total. The van der Waals surface area contributed by atoms with E-state index in [2.05, 4.69) is 15.5 Å². The number of halogens is 1. The molecular formula is C19H21ClN6O3. The second-order valence-electron chi connectivity index (χ2n) is 7.21. The predicted molar refractivity (Wildman–Crippen MR) is 109 cm³/mol. The summed E-state index contributed by atoms with van der Waals surface area (Å²) in [5.41, 5.74) is 1.63. The third-order valence-corrected chi connectivity index (χ3v) is 5.17. The molecule has 1 amide bonds. The highest BCUT2D eigenvalue weighted by atomic mass is 35.5. The molecule has 2 aromatic heterocycles. The van der Waals surface area contributed by atoms with Gasteiger partial charge in [-0.3, -0.25) is 24.3 Å². The van der Waals surface area contributed by atoms with E-state index in [9.17, 15) is 14.9 Å². The van der Waals surface area contributed by atoms with Crippen molar-refractivity contribution in [3.8, 4) is 0 Å². The SMILES string of the molecule is Cc1nn(Cc2ccccc2Cl)c(C)c1NC(=O)C(C)(C)n1cc([N+](=O)[O-])cn1. The summed E-state index contributed by atoms with van der Waals surface area (Å²) in [4.78, 5) is 23.3. The van der Waals surface area contributed by atoms with Gasteiger partial charge in [-0.1, -0.05) is 29.8 Å². The van der Waals surface area contributed by atoms with Crippen LogP contribution in [0.3, 0.4) is 0 Å². The molecule has 29 heavy (non-hydrogen) atoms. The number of nitrogens with one attached hydrogen (secondary N) is 1. The van der Waals surface area contributed by atoms with Crippen LogP contribution >= 0.6 is 11.6 Å². The molecule has 10 heteroatoms. The van der Waals surface area contributed by atoms with Crippen molar-refractivity contribution in [2.24, 2.45) is 0 Å². The van der Waals surface area contributed by atoms with Crippen molar-refractivity contribution in [1.29, 1.82) is 0 Å². The first-order valence-corrected chi connectivity index (χ1v) is 9.27. The van der Waals surface area contributed by atoms with E-state index in [-0.39, 0.29) is 11.6 Å². The normalized spacial score (nSPS) is 11.5. The molecule has 0 bridgehead atoms. The molecule has 0 spiro atoms. The number of rotatable bonds is 6. The summed E-state index contributed by atoms with van der Waals surface area (Å²) in [5, 5.41) is 22.9. The maximum Gasteiger partial charge on any atom is 0.307 e. The highest BCUT2D eigenvalue weighted by Gasteiger charge is 2.33. The molecule has 0 saturated carbocycles. The van der Waals surface area contributed by atoms with Crippen LogP contribution in [0.5, 0.6) is 0 Å². The van der Waals surface area contributed by atoms with Crippen LogP contribution in [0.15, 0.2) is 36.7 Å². The molecule has 1 aromatic carbocycles. The number of aryl methyl sites for hydroxylation is 1. The fourth-order valence-corrected chi connectivity index (χ4v) is 3.10. The molecule has 0 unspecified atom stereocenters. The Bertz CT molecular complexity index is 1090. The summed E-state index contributed by atoms with van der Waals surface area (Å²) in [6, 6.07) is 7.50. The lowest BCUT2D eigenvalue weighted by Crippen LogP contribution is -2.40. The molecule has 1 N–H and O–H groups in total. The zero-order valence-corrected chi connectivity index (χ0v) is 17.3. The maximum absolute atomic E-state index is 12.9. The lowest BCUT2D eigenvalue weighted by Gasteiger charge is -2.24. The van der Waals surface area contributed by atoms with Crippen molar-refractivity contribution in [1.82, 2.24) is 19.6 Å². The first-order valence-electron chi connectivity index (χ1n) is 8.89. The molecular weight excluding hydrogens is 396 g/mol. The molecule has 3 aromatic rings. The minimum absolute atomic E-state index is 0.175. The summed E-state index contributed by atoms with van der Waals surface area (Å²) in [6.45, 7) is 7.41. The van der Waals surface area contributed by atoms with E-state index in [1.165, 1.54) is 10.9 Å². The lowest BCUT2D eigenvalue weighted by atomic mass is 10.0. The number of amides is 1. The van der Waals surface area contributed by atoms with Gasteiger partial charge in [0.05, 0.1) is 28.5 Å². The van der Waals surface area contributed by atoms with Crippen molar-refractivity contribution >= 4 is 28.9 Å². The van der Waals surface area contributed by atoms with Crippen molar-refractivity contribution in [2.45, 2.75) is 39.8 Å². The highest BCUT2D eigenvalue weighted by Crippen LogP contribution is 2.26. The fourth-order valence-electron chi connectivity index (χ4n) is 2.90. The zero-order valence-electron chi connectivity index (χ0n) is 16.5. The minimum Gasteiger partial charge on any atom is -0.321 e. The Morgan fingerprint density at radius 2 is 2.00 bits per heavy atom. The Labute approximate surface area is 172 Å². The van der Waals surface area contributed by atoms with E-state index in [4.69, 9.17) is 11.6 Å². The van der Waals surface area contributed by atoms with Crippen LogP contribution in [0.2, 0.25) is 5.02 Å². The van der Waals surface area contributed by atoms with Gasteiger partial charge in [-0.15, -0.1) is 0 Å². The van der Waals surface area contributed by atoms with Crippen LogP contribution in [0.1, 0.15) is 30.8 Å². The molecule has 3 rings (SSSR count). The topological polar surface area (TPSA) is 108 Å². The predicted octanol–water partition coefficient (Wildman–Crippen LogP) is 3.68. The van der Waals surface area contributed by atoms with Gasteiger partial charge in [0, 0.05) is 5.02 Å². The average Bonchev–Trinajstić information content (AvgIpc) is 3.25.